The lowest BCUT2D eigenvalue weighted by molar-refractivity contribution is -0.131. The van der Waals surface area contributed by atoms with Crippen molar-refractivity contribution in [1.82, 2.24) is 15.3 Å². The summed E-state index contributed by atoms with van der Waals surface area (Å²) in [5.41, 5.74) is -0.771. The summed E-state index contributed by atoms with van der Waals surface area (Å²) in [6.07, 6.45) is 5.64. The third kappa shape index (κ3) is 1.71. The highest BCUT2D eigenvalue weighted by Gasteiger charge is 2.44. The summed E-state index contributed by atoms with van der Waals surface area (Å²) in [7, 11) is 0. The Morgan fingerprint density at radius 1 is 1.73 bits per heavy atom. The first-order chi connectivity index (χ1) is 7.27. The largest absolute Gasteiger partial charge is 0.347 e. The Kier molecular flexibility index (Phi) is 2.42. The fourth-order valence-electron chi connectivity index (χ4n) is 1.65. The Morgan fingerprint density at radius 2 is 2.53 bits per heavy atom. The molecule has 0 atom stereocenters. The number of hydrogen-bond donors (Lipinski definition) is 2. The first kappa shape index (κ1) is 9.71. The van der Waals surface area contributed by atoms with Crippen molar-refractivity contribution in [2.45, 2.75) is 25.8 Å². The molecule has 0 spiro atoms. The first-order valence-electron chi connectivity index (χ1n) is 4.95. The second kappa shape index (κ2) is 3.73. The Balaban J connectivity index is 1.90. The number of carbonyl (C=O) groups is 1. The van der Waals surface area contributed by atoms with Gasteiger partial charge in [0, 0.05) is 12.4 Å². The van der Waals surface area contributed by atoms with Crippen LogP contribution in [0, 0.1) is 16.7 Å². The summed E-state index contributed by atoms with van der Waals surface area (Å²) < 4.78 is 0. The number of carbonyl (C=O) groups excluding carboxylic acids is 1. The van der Waals surface area contributed by atoms with Gasteiger partial charge in [-0.15, -0.1) is 0 Å². The molecule has 0 aromatic carbocycles. The van der Waals surface area contributed by atoms with Crippen LogP contribution in [0.1, 0.15) is 25.1 Å². The Morgan fingerprint density at radius 3 is 3.00 bits per heavy atom. The van der Waals surface area contributed by atoms with Gasteiger partial charge >= 0.3 is 0 Å². The SMILES string of the molecule is N#CC1(C(=O)NCc2ncc[nH]2)CCC1. The lowest BCUT2D eigenvalue weighted by Crippen LogP contribution is -2.44. The van der Waals surface area contributed by atoms with Crippen LogP contribution in [0.2, 0.25) is 0 Å². The summed E-state index contributed by atoms with van der Waals surface area (Å²) in [5, 5.41) is 11.7. The molecular formula is C10H12N4O. The number of amides is 1. The predicted octanol–water partition coefficient (Wildman–Crippen LogP) is 0.720. The molecule has 1 fully saturated rings. The average molecular weight is 204 g/mol. The van der Waals surface area contributed by atoms with Crippen LogP contribution in [0.4, 0.5) is 0 Å². The van der Waals surface area contributed by atoms with Gasteiger partial charge in [-0.1, -0.05) is 0 Å². The zero-order chi connectivity index (χ0) is 10.7. The molecule has 0 saturated heterocycles. The molecule has 1 aromatic rings. The summed E-state index contributed by atoms with van der Waals surface area (Å²) in [5.74, 6) is 0.531. The zero-order valence-electron chi connectivity index (χ0n) is 8.29. The second-order valence-electron chi connectivity index (χ2n) is 3.77. The molecule has 15 heavy (non-hydrogen) atoms. The molecule has 1 aliphatic rings. The van der Waals surface area contributed by atoms with Gasteiger partial charge in [-0.2, -0.15) is 5.26 Å². The summed E-state index contributed by atoms with van der Waals surface area (Å²) in [4.78, 5) is 18.6. The lowest BCUT2D eigenvalue weighted by atomic mass is 9.69. The van der Waals surface area contributed by atoms with Crippen LogP contribution in [-0.2, 0) is 11.3 Å². The number of imidazole rings is 1. The minimum Gasteiger partial charge on any atom is -0.347 e. The highest BCUT2D eigenvalue weighted by atomic mass is 16.2. The van der Waals surface area contributed by atoms with E-state index < -0.39 is 5.41 Å². The van der Waals surface area contributed by atoms with Gasteiger partial charge in [-0.25, -0.2) is 4.98 Å². The maximum Gasteiger partial charge on any atom is 0.240 e. The van der Waals surface area contributed by atoms with Crippen LogP contribution in [0.25, 0.3) is 0 Å². The van der Waals surface area contributed by atoms with E-state index in [1.807, 2.05) is 0 Å². The third-order valence-electron chi connectivity index (χ3n) is 2.83. The van der Waals surface area contributed by atoms with E-state index >= 15 is 0 Å². The molecule has 2 N–H and O–H groups in total. The van der Waals surface area contributed by atoms with Crippen LogP contribution >= 0.6 is 0 Å². The monoisotopic (exact) mass is 204 g/mol. The third-order valence-corrected chi connectivity index (χ3v) is 2.83. The lowest BCUT2D eigenvalue weighted by Gasteiger charge is -2.33. The second-order valence-corrected chi connectivity index (χ2v) is 3.77. The molecule has 1 aliphatic carbocycles. The van der Waals surface area contributed by atoms with E-state index in [1.165, 1.54) is 0 Å². The fraction of sp³-hybridized carbons (Fsp3) is 0.500. The first-order valence-corrected chi connectivity index (χ1v) is 4.95. The molecule has 5 nitrogen and oxygen atoms in total. The Labute approximate surface area is 87.5 Å². The van der Waals surface area contributed by atoms with E-state index in [4.69, 9.17) is 5.26 Å². The van der Waals surface area contributed by atoms with E-state index in [0.717, 1.165) is 6.42 Å². The van der Waals surface area contributed by atoms with Gasteiger partial charge in [0.2, 0.25) is 5.91 Å². The van der Waals surface area contributed by atoms with Crippen LogP contribution < -0.4 is 5.32 Å². The van der Waals surface area contributed by atoms with E-state index in [9.17, 15) is 4.79 Å². The van der Waals surface area contributed by atoms with E-state index in [1.54, 1.807) is 12.4 Å². The molecule has 2 rings (SSSR count). The van der Waals surface area contributed by atoms with Crippen LogP contribution in [0.3, 0.4) is 0 Å². The van der Waals surface area contributed by atoms with E-state index in [-0.39, 0.29) is 5.91 Å². The van der Waals surface area contributed by atoms with Crippen LogP contribution in [0.5, 0.6) is 0 Å². The molecule has 0 radical (unpaired) electrons. The number of aromatic amines is 1. The highest BCUT2D eigenvalue weighted by molar-refractivity contribution is 5.86. The number of H-pyrrole nitrogens is 1. The van der Waals surface area contributed by atoms with Crippen molar-refractivity contribution in [2.24, 2.45) is 5.41 Å². The number of hydrogen-bond acceptors (Lipinski definition) is 3. The molecule has 0 aliphatic heterocycles. The minimum absolute atomic E-state index is 0.173. The van der Waals surface area contributed by atoms with Gasteiger partial charge in [-0.3, -0.25) is 4.79 Å². The summed E-state index contributed by atoms with van der Waals surface area (Å²) in [6.45, 7) is 0.356. The molecular weight excluding hydrogens is 192 g/mol. The van der Waals surface area contributed by atoms with Crippen molar-refractivity contribution in [2.75, 3.05) is 0 Å². The number of nitriles is 1. The quantitative estimate of drug-likeness (QED) is 0.761. The van der Waals surface area contributed by atoms with Crippen molar-refractivity contribution in [1.29, 1.82) is 5.26 Å². The van der Waals surface area contributed by atoms with Gasteiger partial charge in [0.25, 0.3) is 0 Å². The van der Waals surface area contributed by atoms with Gasteiger partial charge < -0.3 is 10.3 Å². The van der Waals surface area contributed by atoms with Gasteiger partial charge in [0.15, 0.2) is 0 Å². The van der Waals surface area contributed by atoms with Gasteiger partial charge in [0.05, 0.1) is 12.6 Å². The number of rotatable bonds is 3. The molecule has 1 heterocycles. The standard InChI is InChI=1S/C10H12N4O/c11-7-10(2-1-3-10)9(15)14-6-8-12-4-5-13-8/h4-5H,1-3,6H2,(H,12,13)(H,14,15). The van der Waals surface area contributed by atoms with Crippen molar-refractivity contribution < 1.29 is 4.79 Å². The van der Waals surface area contributed by atoms with E-state index in [0.29, 0.717) is 25.2 Å². The molecule has 1 aromatic heterocycles. The summed E-state index contributed by atoms with van der Waals surface area (Å²) in [6, 6.07) is 2.10. The van der Waals surface area contributed by atoms with Gasteiger partial charge in [-0.05, 0) is 19.3 Å². The normalized spacial score (nSPS) is 17.5. The fourth-order valence-corrected chi connectivity index (χ4v) is 1.65. The van der Waals surface area contributed by atoms with Crippen LogP contribution in [0.15, 0.2) is 12.4 Å². The molecule has 1 amide bonds. The number of aromatic nitrogens is 2. The average Bonchev–Trinajstić information content (AvgIpc) is 2.66. The predicted molar refractivity (Wildman–Crippen MR) is 52.3 cm³/mol. The molecule has 5 heteroatoms. The zero-order valence-corrected chi connectivity index (χ0v) is 8.29. The smallest absolute Gasteiger partial charge is 0.240 e. The molecule has 1 saturated carbocycles. The maximum absolute atomic E-state index is 11.7. The minimum atomic E-state index is -0.771. The van der Waals surface area contributed by atoms with Crippen molar-refractivity contribution in [3.63, 3.8) is 0 Å². The van der Waals surface area contributed by atoms with Crippen LogP contribution in [-0.4, -0.2) is 15.9 Å². The van der Waals surface area contributed by atoms with Crippen molar-refractivity contribution >= 4 is 5.91 Å². The summed E-state index contributed by atoms with van der Waals surface area (Å²) >= 11 is 0. The number of nitrogens with one attached hydrogen (secondary N) is 2. The highest BCUT2D eigenvalue weighted by Crippen LogP contribution is 2.40. The van der Waals surface area contributed by atoms with E-state index in [2.05, 4.69) is 21.4 Å². The molecule has 0 unspecified atom stereocenters. The molecule has 0 bridgehead atoms. The maximum atomic E-state index is 11.7. The van der Waals surface area contributed by atoms with Crippen molar-refractivity contribution in [3.8, 4) is 6.07 Å². The Hall–Kier alpha value is -1.83. The Bertz CT molecular complexity index is 386. The molecule has 78 valence electrons. The van der Waals surface area contributed by atoms with Crippen molar-refractivity contribution in [3.05, 3.63) is 18.2 Å². The number of nitrogens with zero attached hydrogens (tertiary/aromatic N) is 2. The topological polar surface area (TPSA) is 81.6 Å². The van der Waals surface area contributed by atoms with Gasteiger partial charge in [0.1, 0.15) is 11.2 Å².